The number of ether oxygens (including phenoxy) is 1. The standard InChI is InChI=1S/C33H45FN4O4/c1-32(2,3)23-14-16-26(17-15-23)38(30(40)27-13-10-18-37(27)31(41)42-33(4,5)6)28(22-19-24(34)21-35-20-22)29(39)36-25-11-8-7-9-12-25/h14-17,19-21,25,27-28H,7-13,18H2,1-6H3,(H,36,39)/t27-,28?/m1/s1. The molecule has 1 aliphatic heterocycles. The zero-order chi connectivity index (χ0) is 30.7. The van der Waals surface area contributed by atoms with E-state index in [1.54, 1.807) is 20.8 Å². The Morgan fingerprint density at radius 2 is 1.64 bits per heavy atom. The fraction of sp³-hybridized carbons (Fsp3) is 0.576. The number of aromatic nitrogens is 1. The van der Waals surface area contributed by atoms with Crippen molar-refractivity contribution in [2.24, 2.45) is 0 Å². The molecule has 0 spiro atoms. The number of nitrogens with one attached hydrogen (secondary N) is 1. The van der Waals surface area contributed by atoms with Crippen molar-refractivity contribution >= 4 is 23.6 Å². The van der Waals surface area contributed by atoms with Crippen molar-refractivity contribution in [3.8, 4) is 0 Å². The summed E-state index contributed by atoms with van der Waals surface area (Å²) in [5.74, 6) is -1.42. The first-order chi connectivity index (χ1) is 19.7. The molecule has 2 aromatic rings. The van der Waals surface area contributed by atoms with Crippen LogP contribution in [0, 0.1) is 5.82 Å². The minimum absolute atomic E-state index is 0.0276. The first-order valence-corrected chi connectivity index (χ1v) is 15.1. The summed E-state index contributed by atoms with van der Waals surface area (Å²) >= 11 is 0. The lowest BCUT2D eigenvalue weighted by molar-refractivity contribution is -0.129. The van der Waals surface area contributed by atoms with E-state index in [9.17, 15) is 18.8 Å². The Balaban J connectivity index is 1.79. The number of likely N-dealkylation sites (tertiary alicyclic amines) is 1. The second-order valence-corrected chi connectivity index (χ2v) is 13.5. The zero-order valence-corrected chi connectivity index (χ0v) is 25.8. The van der Waals surface area contributed by atoms with Crippen molar-refractivity contribution in [2.45, 2.75) is 116 Å². The minimum atomic E-state index is -1.19. The quantitative estimate of drug-likeness (QED) is 0.425. The monoisotopic (exact) mass is 580 g/mol. The van der Waals surface area contributed by atoms with Gasteiger partial charge in [0.05, 0.1) is 6.20 Å². The number of carbonyl (C=O) groups excluding carboxylic acids is 3. The first kappa shape index (κ1) is 31.4. The van der Waals surface area contributed by atoms with Crippen molar-refractivity contribution in [1.29, 1.82) is 0 Å². The minimum Gasteiger partial charge on any atom is -0.444 e. The fourth-order valence-electron chi connectivity index (χ4n) is 5.77. The topological polar surface area (TPSA) is 91.8 Å². The molecule has 1 N–H and O–H groups in total. The Hall–Kier alpha value is -3.49. The number of amides is 3. The maximum absolute atomic E-state index is 14.6. The zero-order valence-electron chi connectivity index (χ0n) is 25.8. The summed E-state index contributed by atoms with van der Waals surface area (Å²) in [6, 6.07) is 6.71. The summed E-state index contributed by atoms with van der Waals surface area (Å²) in [5.41, 5.74) is 0.947. The van der Waals surface area contributed by atoms with Gasteiger partial charge in [-0.05, 0) is 75.6 Å². The molecule has 1 unspecified atom stereocenters. The van der Waals surface area contributed by atoms with Crippen LogP contribution in [-0.4, -0.2) is 52.0 Å². The second kappa shape index (κ2) is 12.8. The van der Waals surface area contributed by atoms with Crippen LogP contribution in [0.4, 0.5) is 14.9 Å². The van der Waals surface area contributed by atoms with Gasteiger partial charge in [-0.3, -0.25) is 24.4 Å². The lowest BCUT2D eigenvalue weighted by atomic mass is 9.87. The van der Waals surface area contributed by atoms with Crippen molar-refractivity contribution in [2.75, 3.05) is 11.4 Å². The van der Waals surface area contributed by atoms with Crippen molar-refractivity contribution in [1.82, 2.24) is 15.2 Å². The summed E-state index contributed by atoms with van der Waals surface area (Å²) in [4.78, 5) is 48.8. The van der Waals surface area contributed by atoms with Crippen LogP contribution in [0.25, 0.3) is 0 Å². The number of nitrogens with zero attached hydrogens (tertiary/aromatic N) is 3. The molecule has 1 saturated carbocycles. The Bertz CT molecular complexity index is 1260. The molecule has 4 rings (SSSR count). The maximum Gasteiger partial charge on any atom is 0.410 e. The van der Waals surface area contributed by atoms with Gasteiger partial charge in [0, 0.05) is 30.0 Å². The van der Waals surface area contributed by atoms with Gasteiger partial charge in [0.15, 0.2) is 0 Å². The van der Waals surface area contributed by atoms with Crippen LogP contribution in [0.1, 0.15) is 104 Å². The summed E-state index contributed by atoms with van der Waals surface area (Å²) in [7, 11) is 0. The molecule has 9 heteroatoms. The van der Waals surface area contributed by atoms with E-state index < -0.39 is 41.4 Å². The Kier molecular flexibility index (Phi) is 9.58. The van der Waals surface area contributed by atoms with Gasteiger partial charge < -0.3 is 10.1 Å². The number of rotatable bonds is 6. The normalized spacial score (nSPS) is 18.8. The van der Waals surface area contributed by atoms with Crippen molar-refractivity contribution in [3.63, 3.8) is 0 Å². The summed E-state index contributed by atoms with van der Waals surface area (Å²) in [6.45, 7) is 12.0. The van der Waals surface area contributed by atoms with E-state index in [1.807, 2.05) is 24.3 Å². The summed E-state index contributed by atoms with van der Waals surface area (Å²) < 4.78 is 20.2. The van der Waals surface area contributed by atoms with Gasteiger partial charge >= 0.3 is 6.09 Å². The Morgan fingerprint density at radius 3 is 2.24 bits per heavy atom. The molecular weight excluding hydrogens is 535 g/mol. The third-order valence-corrected chi connectivity index (χ3v) is 7.91. The third-order valence-electron chi connectivity index (χ3n) is 7.91. The highest BCUT2D eigenvalue weighted by Gasteiger charge is 2.43. The lowest BCUT2D eigenvalue weighted by Crippen LogP contribution is -2.53. The molecule has 1 aromatic heterocycles. The molecule has 2 atom stereocenters. The number of anilines is 1. The molecule has 8 nitrogen and oxygen atoms in total. The summed E-state index contributed by atoms with van der Waals surface area (Å²) in [5, 5.41) is 3.14. The van der Waals surface area contributed by atoms with Gasteiger partial charge in [-0.2, -0.15) is 0 Å². The molecule has 2 fully saturated rings. The molecule has 0 radical (unpaired) electrons. The Morgan fingerprint density at radius 1 is 0.976 bits per heavy atom. The number of pyridine rings is 1. The van der Waals surface area contributed by atoms with E-state index >= 15 is 0 Å². The van der Waals surface area contributed by atoms with Crippen LogP contribution in [0.5, 0.6) is 0 Å². The number of hydrogen-bond donors (Lipinski definition) is 1. The predicted octanol–water partition coefficient (Wildman–Crippen LogP) is 6.44. The van der Waals surface area contributed by atoms with E-state index in [1.165, 1.54) is 22.1 Å². The van der Waals surface area contributed by atoms with Gasteiger partial charge in [-0.1, -0.05) is 52.2 Å². The molecule has 1 saturated heterocycles. The van der Waals surface area contributed by atoms with Crippen LogP contribution in [0.2, 0.25) is 0 Å². The maximum atomic E-state index is 14.6. The van der Waals surface area contributed by atoms with Crippen LogP contribution in [0.15, 0.2) is 42.7 Å². The SMILES string of the molecule is CC(C)(C)OC(=O)N1CCC[C@@H]1C(=O)N(c1ccc(C(C)(C)C)cc1)C(C(=O)NC1CCCCC1)c1cncc(F)c1. The predicted molar refractivity (Wildman–Crippen MR) is 161 cm³/mol. The highest BCUT2D eigenvalue weighted by atomic mass is 19.1. The van der Waals surface area contributed by atoms with Crippen LogP contribution in [-0.2, 0) is 19.7 Å². The van der Waals surface area contributed by atoms with Crippen molar-refractivity contribution < 1.29 is 23.5 Å². The average Bonchev–Trinajstić information content (AvgIpc) is 3.41. The number of halogens is 1. The first-order valence-electron chi connectivity index (χ1n) is 15.1. The highest BCUT2D eigenvalue weighted by Crippen LogP contribution is 2.34. The van der Waals surface area contributed by atoms with Gasteiger partial charge in [-0.15, -0.1) is 0 Å². The van der Waals surface area contributed by atoms with Gasteiger partial charge in [-0.25, -0.2) is 9.18 Å². The van der Waals surface area contributed by atoms with Crippen LogP contribution < -0.4 is 10.2 Å². The van der Waals surface area contributed by atoms with E-state index in [4.69, 9.17) is 4.74 Å². The fourth-order valence-corrected chi connectivity index (χ4v) is 5.77. The molecule has 0 bridgehead atoms. The molecule has 2 heterocycles. The van der Waals surface area contributed by atoms with Crippen LogP contribution in [0.3, 0.4) is 0 Å². The van der Waals surface area contributed by atoms with Gasteiger partial charge in [0.25, 0.3) is 5.91 Å². The average molecular weight is 581 g/mol. The lowest BCUT2D eigenvalue weighted by Gasteiger charge is -2.37. The largest absolute Gasteiger partial charge is 0.444 e. The van der Waals surface area contributed by atoms with Gasteiger partial charge in [0.2, 0.25) is 5.91 Å². The molecule has 228 valence electrons. The number of hydrogen-bond acceptors (Lipinski definition) is 5. The van der Waals surface area contributed by atoms with Crippen molar-refractivity contribution in [3.05, 3.63) is 59.7 Å². The van der Waals surface area contributed by atoms with Crippen LogP contribution >= 0.6 is 0 Å². The van der Waals surface area contributed by atoms with E-state index in [-0.39, 0.29) is 17.0 Å². The van der Waals surface area contributed by atoms with Gasteiger partial charge in [0.1, 0.15) is 23.5 Å². The van der Waals surface area contributed by atoms with E-state index in [0.29, 0.717) is 25.1 Å². The Labute approximate surface area is 249 Å². The smallest absolute Gasteiger partial charge is 0.410 e. The van der Waals surface area contributed by atoms with E-state index in [0.717, 1.165) is 43.9 Å². The molecule has 42 heavy (non-hydrogen) atoms. The molecular formula is C33H45FN4O4. The second-order valence-electron chi connectivity index (χ2n) is 13.5. The molecule has 2 aliphatic rings. The van der Waals surface area contributed by atoms with E-state index in [2.05, 4.69) is 31.1 Å². The number of benzene rings is 1. The highest BCUT2D eigenvalue weighted by molar-refractivity contribution is 6.04. The number of carbonyl (C=O) groups is 3. The molecule has 1 aliphatic carbocycles. The molecule has 3 amide bonds. The third kappa shape index (κ3) is 7.66. The molecule has 1 aromatic carbocycles. The summed E-state index contributed by atoms with van der Waals surface area (Å²) in [6.07, 6.45) is 7.82.